The zero-order valence-electron chi connectivity index (χ0n) is 14.0. The van der Waals surface area contributed by atoms with Gasteiger partial charge in [-0.3, -0.25) is 0 Å². The van der Waals surface area contributed by atoms with Crippen molar-refractivity contribution in [3.8, 4) is 16.9 Å². The summed E-state index contributed by atoms with van der Waals surface area (Å²) in [5.74, 6) is 0. The van der Waals surface area contributed by atoms with Crippen LogP contribution in [0.1, 0.15) is 11.3 Å². The number of halogens is 4. The number of nitrogens with two attached hydrogens (primary N) is 1. The summed E-state index contributed by atoms with van der Waals surface area (Å²) < 4.78 is 63.8. The van der Waals surface area contributed by atoms with E-state index in [0.29, 0.717) is 10.6 Å². The van der Waals surface area contributed by atoms with Crippen molar-refractivity contribution in [2.75, 3.05) is 0 Å². The lowest BCUT2D eigenvalue weighted by molar-refractivity contribution is -0.141. The molecule has 0 unspecified atom stereocenters. The first kappa shape index (κ1) is 20.3. The van der Waals surface area contributed by atoms with Crippen molar-refractivity contribution in [1.29, 1.82) is 0 Å². The third-order valence-corrected chi connectivity index (χ3v) is 5.17. The van der Waals surface area contributed by atoms with Crippen LogP contribution >= 0.6 is 11.6 Å². The molecule has 0 fully saturated rings. The smallest absolute Gasteiger partial charge is 0.392 e. The van der Waals surface area contributed by atoms with Crippen molar-refractivity contribution in [3.05, 3.63) is 64.8 Å². The van der Waals surface area contributed by atoms with Crippen LogP contribution in [0.15, 0.2) is 53.4 Å². The van der Waals surface area contributed by atoms with E-state index in [0.717, 1.165) is 16.8 Å². The fourth-order valence-electron chi connectivity index (χ4n) is 2.64. The molecule has 1 heterocycles. The number of hydrogen-bond donors (Lipinski definition) is 2. The summed E-state index contributed by atoms with van der Waals surface area (Å²) in [6.07, 6.45) is -4.69. The molecule has 148 valence electrons. The number of hydrogen-bond acceptors (Lipinski definition) is 4. The van der Waals surface area contributed by atoms with E-state index >= 15 is 0 Å². The van der Waals surface area contributed by atoms with E-state index in [1.54, 1.807) is 0 Å². The molecule has 28 heavy (non-hydrogen) atoms. The van der Waals surface area contributed by atoms with Gasteiger partial charge in [0.25, 0.3) is 0 Å². The van der Waals surface area contributed by atoms with Gasteiger partial charge in [-0.1, -0.05) is 23.7 Å². The normalized spacial score (nSPS) is 12.4. The maximum atomic E-state index is 13.2. The van der Waals surface area contributed by atoms with Crippen LogP contribution in [0, 0.1) is 0 Å². The minimum atomic E-state index is -4.69. The summed E-state index contributed by atoms with van der Waals surface area (Å²) in [5.41, 5.74) is -0.550. The lowest BCUT2D eigenvalue weighted by atomic mass is 10.1. The van der Waals surface area contributed by atoms with E-state index in [4.69, 9.17) is 16.7 Å². The van der Waals surface area contributed by atoms with Gasteiger partial charge in [-0.2, -0.15) is 18.3 Å². The molecule has 0 aliphatic carbocycles. The molecule has 0 aliphatic heterocycles. The summed E-state index contributed by atoms with van der Waals surface area (Å²) in [7, 11) is -4.11. The van der Waals surface area contributed by atoms with Crippen molar-refractivity contribution in [2.45, 2.75) is 17.7 Å². The highest BCUT2D eigenvalue weighted by Gasteiger charge is 2.35. The van der Waals surface area contributed by atoms with E-state index in [2.05, 4.69) is 5.10 Å². The predicted octanol–water partition coefficient (Wildman–Crippen LogP) is 3.35. The third kappa shape index (κ3) is 4.04. The molecule has 0 spiro atoms. The summed E-state index contributed by atoms with van der Waals surface area (Å²) in [4.78, 5) is -0.324. The number of alkyl halides is 3. The van der Waals surface area contributed by atoms with Crippen molar-refractivity contribution >= 4 is 21.6 Å². The molecule has 1 aromatic heterocycles. The standard InChI is InChI=1S/C17H13ClF3N3O3S/c18-12-3-1-10(2-4-12)14-8-16(17(19,20)21)23-24(14)13-5-6-15(28(22,26)27)11(7-13)9-25/h1-8,25H,9H2,(H2,22,26,27). The van der Waals surface area contributed by atoms with E-state index in [-0.39, 0.29) is 21.8 Å². The van der Waals surface area contributed by atoms with Gasteiger partial charge in [0, 0.05) is 10.6 Å². The van der Waals surface area contributed by atoms with Crippen LogP contribution in [0.3, 0.4) is 0 Å². The first-order chi connectivity index (χ1) is 13.0. The average molecular weight is 432 g/mol. The van der Waals surface area contributed by atoms with Crippen LogP contribution in [-0.2, 0) is 22.8 Å². The Morgan fingerprint density at radius 2 is 1.75 bits per heavy atom. The monoisotopic (exact) mass is 431 g/mol. The number of primary sulfonamides is 1. The Balaban J connectivity index is 2.23. The number of rotatable bonds is 4. The highest BCUT2D eigenvalue weighted by molar-refractivity contribution is 7.89. The molecular formula is C17H13ClF3N3O3S. The number of aliphatic hydroxyl groups excluding tert-OH is 1. The molecule has 0 radical (unpaired) electrons. The fourth-order valence-corrected chi connectivity index (χ4v) is 3.51. The lowest BCUT2D eigenvalue weighted by Crippen LogP contribution is -2.15. The Morgan fingerprint density at radius 3 is 2.29 bits per heavy atom. The van der Waals surface area contributed by atoms with Gasteiger partial charge in [-0.25, -0.2) is 18.2 Å². The van der Waals surface area contributed by atoms with Crippen LogP contribution in [0.4, 0.5) is 13.2 Å². The number of aliphatic hydroxyl groups is 1. The number of aromatic nitrogens is 2. The lowest BCUT2D eigenvalue weighted by Gasteiger charge is -2.11. The Hall–Kier alpha value is -2.40. The van der Waals surface area contributed by atoms with Gasteiger partial charge in [-0.15, -0.1) is 0 Å². The second-order valence-electron chi connectivity index (χ2n) is 5.83. The van der Waals surface area contributed by atoms with E-state index < -0.39 is 28.5 Å². The molecule has 0 atom stereocenters. The fraction of sp³-hybridized carbons (Fsp3) is 0.118. The summed E-state index contributed by atoms with van der Waals surface area (Å²) in [5, 5.41) is 18.6. The molecule has 0 bridgehead atoms. The molecule has 0 saturated carbocycles. The maximum absolute atomic E-state index is 13.2. The van der Waals surface area contributed by atoms with Crippen LogP contribution < -0.4 is 5.14 Å². The van der Waals surface area contributed by atoms with Gasteiger partial charge >= 0.3 is 6.18 Å². The first-order valence-electron chi connectivity index (χ1n) is 7.71. The molecule has 11 heteroatoms. The topological polar surface area (TPSA) is 98.2 Å². The molecule has 0 saturated heterocycles. The molecule has 3 rings (SSSR count). The maximum Gasteiger partial charge on any atom is 0.435 e. The van der Waals surface area contributed by atoms with Crippen molar-refractivity contribution in [3.63, 3.8) is 0 Å². The van der Waals surface area contributed by atoms with Crippen molar-refractivity contribution < 1.29 is 26.7 Å². The van der Waals surface area contributed by atoms with Crippen LogP contribution in [0.2, 0.25) is 5.02 Å². The Morgan fingerprint density at radius 1 is 1.11 bits per heavy atom. The SMILES string of the molecule is NS(=O)(=O)c1ccc(-n2nc(C(F)(F)F)cc2-c2ccc(Cl)cc2)cc1CO. The zero-order valence-corrected chi connectivity index (χ0v) is 15.6. The van der Waals surface area contributed by atoms with E-state index in [1.165, 1.54) is 36.4 Å². The van der Waals surface area contributed by atoms with Gasteiger partial charge < -0.3 is 5.11 Å². The van der Waals surface area contributed by atoms with Gasteiger partial charge in [0.1, 0.15) is 0 Å². The van der Waals surface area contributed by atoms with Crippen LogP contribution in [0.25, 0.3) is 16.9 Å². The largest absolute Gasteiger partial charge is 0.435 e. The first-order valence-corrected chi connectivity index (χ1v) is 9.63. The number of benzene rings is 2. The Labute approximate surface area is 163 Å². The van der Waals surface area contributed by atoms with Gasteiger partial charge in [0.15, 0.2) is 5.69 Å². The summed E-state index contributed by atoms with van der Waals surface area (Å²) >= 11 is 5.83. The summed E-state index contributed by atoms with van der Waals surface area (Å²) in [6.45, 7) is -0.677. The van der Waals surface area contributed by atoms with Gasteiger partial charge in [0.2, 0.25) is 10.0 Å². The van der Waals surface area contributed by atoms with E-state index in [9.17, 15) is 26.7 Å². The third-order valence-electron chi connectivity index (χ3n) is 3.91. The van der Waals surface area contributed by atoms with Gasteiger partial charge in [-0.05, 0) is 42.0 Å². The van der Waals surface area contributed by atoms with Crippen molar-refractivity contribution in [2.24, 2.45) is 5.14 Å². The number of sulfonamides is 1. The Kier molecular flexibility index (Phi) is 5.24. The van der Waals surface area contributed by atoms with E-state index in [1.807, 2.05) is 0 Å². The number of nitrogens with zero attached hydrogens (tertiary/aromatic N) is 2. The zero-order chi connectivity index (χ0) is 20.7. The minimum Gasteiger partial charge on any atom is -0.392 e. The molecule has 3 aromatic rings. The quantitative estimate of drug-likeness (QED) is 0.661. The Bertz CT molecular complexity index is 1130. The molecular weight excluding hydrogens is 419 g/mol. The molecule has 6 nitrogen and oxygen atoms in total. The van der Waals surface area contributed by atoms with Crippen LogP contribution in [0.5, 0.6) is 0 Å². The molecule has 0 aliphatic rings. The van der Waals surface area contributed by atoms with Crippen molar-refractivity contribution in [1.82, 2.24) is 9.78 Å². The van der Waals surface area contributed by atoms with Crippen LogP contribution in [-0.4, -0.2) is 23.3 Å². The average Bonchev–Trinajstić information content (AvgIpc) is 3.06. The highest BCUT2D eigenvalue weighted by atomic mass is 35.5. The van der Waals surface area contributed by atoms with Gasteiger partial charge in [0.05, 0.1) is 22.9 Å². The molecule has 0 amide bonds. The summed E-state index contributed by atoms with van der Waals surface area (Å²) in [6, 6.07) is 10.5. The molecule has 3 N–H and O–H groups in total. The second-order valence-corrected chi connectivity index (χ2v) is 7.79. The highest BCUT2D eigenvalue weighted by Crippen LogP contribution is 2.34. The predicted molar refractivity (Wildman–Crippen MR) is 96.3 cm³/mol. The second kappa shape index (κ2) is 7.21. The minimum absolute atomic E-state index is 0.0638. The molecule has 2 aromatic carbocycles.